The lowest BCUT2D eigenvalue weighted by molar-refractivity contribution is -0.256. The Morgan fingerprint density at radius 3 is 2.45 bits per heavy atom. The van der Waals surface area contributed by atoms with E-state index < -0.39 is 23.2 Å². The second-order valence-electron chi connectivity index (χ2n) is 19.1. The van der Waals surface area contributed by atoms with Crippen LogP contribution in [0.15, 0.2) is 18.0 Å². The van der Waals surface area contributed by atoms with E-state index in [1.165, 1.54) is 11.9 Å². The van der Waals surface area contributed by atoms with E-state index in [0.29, 0.717) is 32.2 Å². The van der Waals surface area contributed by atoms with Crippen molar-refractivity contribution in [3.8, 4) is 0 Å². The predicted octanol–water partition coefficient (Wildman–Crippen LogP) is 6.89. The summed E-state index contributed by atoms with van der Waals surface area (Å²) >= 11 is 0. The highest BCUT2D eigenvalue weighted by Gasteiger charge is 2.72. The van der Waals surface area contributed by atoms with Gasteiger partial charge in [-0.2, -0.15) is 5.10 Å². The van der Waals surface area contributed by atoms with Crippen molar-refractivity contribution in [1.82, 2.24) is 20.1 Å². The van der Waals surface area contributed by atoms with Crippen LogP contribution in [0.25, 0.3) is 0 Å². The van der Waals surface area contributed by atoms with Gasteiger partial charge < -0.3 is 30.4 Å². The summed E-state index contributed by atoms with van der Waals surface area (Å²) < 4.78 is 21.6. The first-order chi connectivity index (χ1) is 23.7. The molecule has 3 saturated carbocycles. The molecule has 4 N–H and O–H groups in total. The number of ether oxygens (including phenoxy) is 3. The molecule has 51 heavy (non-hydrogen) atoms. The van der Waals surface area contributed by atoms with Crippen LogP contribution in [-0.4, -0.2) is 76.5 Å². The molecule has 6 rings (SSSR count). The van der Waals surface area contributed by atoms with Gasteiger partial charge in [0.15, 0.2) is 0 Å². The molecule has 1 amide bonds. The van der Waals surface area contributed by atoms with E-state index in [1.807, 2.05) is 11.6 Å². The van der Waals surface area contributed by atoms with Gasteiger partial charge in [0.1, 0.15) is 12.4 Å². The minimum atomic E-state index is -1.19. The van der Waals surface area contributed by atoms with Crippen molar-refractivity contribution < 1.29 is 28.9 Å². The number of aromatic nitrogens is 3. The highest BCUT2D eigenvalue weighted by Crippen LogP contribution is 2.74. The van der Waals surface area contributed by atoms with Gasteiger partial charge in [0.2, 0.25) is 5.82 Å². The van der Waals surface area contributed by atoms with E-state index in [2.05, 4.69) is 78.7 Å². The number of carboxylic acid groups (broad SMARTS) is 1. The van der Waals surface area contributed by atoms with E-state index in [1.54, 1.807) is 7.05 Å². The number of nitrogens with one attached hydrogen (secondary N) is 1. The topological polar surface area (TPSA) is 151 Å². The van der Waals surface area contributed by atoms with Crippen LogP contribution in [0.2, 0.25) is 0 Å². The van der Waals surface area contributed by atoms with Gasteiger partial charge >= 0.3 is 6.16 Å². The number of fused-ring (bicyclic) bond motifs is 3. The molecule has 0 spiro atoms. The highest BCUT2D eigenvalue weighted by atomic mass is 16.7. The number of hydrogen-bond acceptors (Lipinski definition) is 8. The largest absolute Gasteiger partial charge is 0.506 e. The van der Waals surface area contributed by atoms with Gasteiger partial charge in [0.25, 0.3) is 5.91 Å². The fourth-order valence-electron chi connectivity index (χ4n) is 12.1. The standard InChI is InChI=1S/C40H65N5O6/c1-23(2)25(5)35(6)16-17-37(8)26-12-13-29-36(7)19-49-21-40(29,27(26)14-15-38(37,9)33(35)51-34(47)48)18-28(30(36)50-20-39(10,41)24(3)4)45-31(32(46)42-11)43-22-44-45/h14,22-26,28-30,33H,12-13,15-21,41H2,1-11H3,(H,42,46)(H,47,48)/t25-,26+,28-,29+,30+,33-,35-,36-,37-,38-,39+,40+/m1/s1. The number of rotatable bonds is 9. The average molecular weight is 712 g/mol. The quantitative estimate of drug-likeness (QED) is 0.184. The van der Waals surface area contributed by atoms with Gasteiger partial charge in [-0.05, 0) is 80.5 Å². The van der Waals surface area contributed by atoms with Gasteiger partial charge in [-0.3, -0.25) is 4.79 Å². The molecule has 4 fully saturated rings. The molecule has 1 aromatic rings. The van der Waals surface area contributed by atoms with E-state index in [9.17, 15) is 14.7 Å². The molecule has 11 nitrogen and oxygen atoms in total. The van der Waals surface area contributed by atoms with Crippen LogP contribution >= 0.6 is 0 Å². The second kappa shape index (κ2) is 12.8. The fraction of sp³-hybridized carbons (Fsp3) is 0.850. The number of allylic oxidation sites excluding steroid dienone is 1. The monoisotopic (exact) mass is 711 g/mol. The van der Waals surface area contributed by atoms with E-state index in [-0.39, 0.29) is 69.2 Å². The van der Waals surface area contributed by atoms with Gasteiger partial charge in [0.05, 0.1) is 32.0 Å². The maximum absolute atomic E-state index is 13.2. The van der Waals surface area contributed by atoms with Crippen molar-refractivity contribution in [2.45, 2.75) is 132 Å². The molecule has 11 heteroatoms. The third-order valence-electron chi connectivity index (χ3n) is 16.2. The number of carbonyl (C=O) groups is 2. The summed E-state index contributed by atoms with van der Waals surface area (Å²) in [5, 5.41) is 17.6. The Balaban J connectivity index is 1.47. The summed E-state index contributed by atoms with van der Waals surface area (Å²) in [4.78, 5) is 30.0. The Morgan fingerprint density at radius 1 is 1.12 bits per heavy atom. The molecule has 1 aromatic heterocycles. The molecule has 0 unspecified atom stereocenters. The molecule has 0 radical (unpaired) electrons. The number of nitrogens with zero attached hydrogens (tertiary/aromatic N) is 3. The Labute approximate surface area is 305 Å². The average Bonchev–Trinajstić information content (AvgIpc) is 3.55. The maximum Gasteiger partial charge on any atom is 0.506 e. The lowest BCUT2D eigenvalue weighted by Crippen LogP contribution is -2.70. The molecule has 2 bridgehead atoms. The Hall–Kier alpha value is -2.50. The molecule has 0 aromatic carbocycles. The third kappa shape index (κ3) is 5.52. The van der Waals surface area contributed by atoms with Gasteiger partial charge in [0, 0.05) is 34.2 Å². The number of nitrogens with two attached hydrogens (primary N) is 1. The maximum atomic E-state index is 13.2. The van der Waals surface area contributed by atoms with E-state index in [0.717, 1.165) is 32.1 Å². The molecule has 2 heterocycles. The summed E-state index contributed by atoms with van der Waals surface area (Å²) in [5.41, 5.74) is 6.13. The summed E-state index contributed by atoms with van der Waals surface area (Å²) in [6.45, 7) is 23.8. The second-order valence-corrected chi connectivity index (χ2v) is 19.1. The molecule has 286 valence electrons. The molecular formula is C40H65N5O6. The Bertz CT molecular complexity index is 1540. The van der Waals surface area contributed by atoms with Crippen molar-refractivity contribution in [1.29, 1.82) is 0 Å². The molecule has 12 atom stereocenters. The lowest BCUT2D eigenvalue weighted by Gasteiger charge is -2.71. The summed E-state index contributed by atoms with van der Waals surface area (Å²) in [6, 6.07) is -0.279. The predicted molar refractivity (Wildman–Crippen MR) is 195 cm³/mol. The normalized spacial score (nSPS) is 42.2. The third-order valence-corrected chi connectivity index (χ3v) is 16.2. The number of amides is 1. The van der Waals surface area contributed by atoms with Crippen LogP contribution in [0.1, 0.15) is 124 Å². The van der Waals surface area contributed by atoms with Crippen molar-refractivity contribution in [3.63, 3.8) is 0 Å². The van der Waals surface area contributed by atoms with E-state index in [4.69, 9.17) is 25.0 Å². The van der Waals surface area contributed by atoms with Crippen molar-refractivity contribution in [3.05, 3.63) is 23.8 Å². The van der Waals surface area contributed by atoms with Crippen molar-refractivity contribution in [2.24, 2.45) is 62.4 Å². The summed E-state index contributed by atoms with van der Waals surface area (Å²) in [6.07, 6.45) is 7.36. The first kappa shape index (κ1) is 38.2. The molecular weight excluding hydrogens is 646 g/mol. The molecule has 5 aliphatic rings. The van der Waals surface area contributed by atoms with Gasteiger partial charge in [-0.15, -0.1) is 0 Å². The first-order valence-corrected chi connectivity index (χ1v) is 19.4. The SMILES string of the molecule is CNC(=O)c1ncnn1[C@@H]1C[C@@]23COC[C@](C)([C@@H]2CC[C@H]2C3=CC[C@]3(C)[C@H](OC(=O)O)[C@@](C)([C@H](C)C(C)C)CC[C@]23C)[C@H]1OC[C@](C)(N)C(C)C. The summed E-state index contributed by atoms with van der Waals surface area (Å²) in [7, 11) is 1.62. The zero-order valence-corrected chi connectivity index (χ0v) is 33.0. The first-order valence-electron chi connectivity index (χ1n) is 19.4. The minimum Gasteiger partial charge on any atom is -0.450 e. The van der Waals surface area contributed by atoms with Crippen LogP contribution in [-0.2, 0) is 14.2 Å². The minimum absolute atomic E-state index is 0.192. The van der Waals surface area contributed by atoms with Gasteiger partial charge in [-0.1, -0.05) is 74.0 Å². The van der Waals surface area contributed by atoms with Crippen LogP contribution in [0.5, 0.6) is 0 Å². The molecule has 1 aliphatic heterocycles. The van der Waals surface area contributed by atoms with Gasteiger partial charge in [-0.25, -0.2) is 14.5 Å². The molecule has 4 aliphatic carbocycles. The molecule has 1 saturated heterocycles. The summed E-state index contributed by atoms with van der Waals surface area (Å²) in [5.74, 6) is 1.40. The Morgan fingerprint density at radius 2 is 1.82 bits per heavy atom. The van der Waals surface area contributed by atoms with Crippen molar-refractivity contribution in [2.75, 3.05) is 26.9 Å². The zero-order valence-electron chi connectivity index (χ0n) is 33.0. The highest BCUT2D eigenvalue weighted by molar-refractivity contribution is 5.90. The van der Waals surface area contributed by atoms with E-state index >= 15 is 0 Å². The number of hydrogen-bond donors (Lipinski definition) is 3. The van der Waals surface area contributed by atoms with Crippen LogP contribution in [0.3, 0.4) is 0 Å². The fourth-order valence-corrected chi connectivity index (χ4v) is 12.1. The van der Waals surface area contributed by atoms with Crippen LogP contribution < -0.4 is 11.1 Å². The Kier molecular flexibility index (Phi) is 9.61. The van der Waals surface area contributed by atoms with Crippen LogP contribution in [0, 0.1) is 56.7 Å². The number of carbonyl (C=O) groups excluding carboxylic acids is 1. The smallest absolute Gasteiger partial charge is 0.450 e. The lowest BCUT2D eigenvalue weighted by atomic mass is 9.35. The van der Waals surface area contributed by atoms with Crippen molar-refractivity contribution >= 4 is 12.1 Å². The zero-order chi connectivity index (χ0) is 37.5. The van der Waals surface area contributed by atoms with Crippen LogP contribution in [0.4, 0.5) is 4.79 Å².